The molecule has 2 fully saturated rings. The van der Waals surface area contributed by atoms with Crippen LogP contribution in [0, 0.1) is 0 Å². The van der Waals surface area contributed by atoms with Gasteiger partial charge in [0.05, 0.1) is 0 Å². The molecular formula is C11H14N10O2S. The Morgan fingerprint density at radius 1 is 1.50 bits per heavy atom. The maximum absolute atomic E-state index is 12.5. The fourth-order valence-electron chi connectivity index (χ4n) is 3.08. The van der Waals surface area contributed by atoms with E-state index in [0.29, 0.717) is 5.82 Å². The quantitative estimate of drug-likeness (QED) is 0.603. The van der Waals surface area contributed by atoms with Crippen LogP contribution in [0.1, 0.15) is 25.7 Å². The zero-order chi connectivity index (χ0) is 16.9. The summed E-state index contributed by atoms with van der Waals surface area (Å²) >= 11 is 1.61. The number of hydrogen-bond acceptors (Lipinski definition) is 9. The SMILES string of the molecule is CC1(C)S[C@@H]2C(NC(=O)Cn3ncnn3)C(=O)N2C1c1nnn[nH]1. The monoisotopic (exact) mass is 350 g/mol. The third-order valence-electron chi connectivity index (χ3n) is 4.05. The number of β-lactam (4-membered cyclic amide) rings is 1. The highest BCUT2D eigenvalue weighted by atomic mass is 32.2. The molecule has 2 saturated heterocycles. The van der Waals surface area contributed by atoms with Crippen molar-refractivity contribution in [3.8, 4) is 0 Å². The Hall–Kier alpha value is -2.57. The van der Waals surface area contributed by atoms with E-state index in [-0.39, 0.29) is 34.5 Å². The Bertz CT molecular complexity index is 760. The van der Waals surface area contributed by atoms with E-state index in [0.717, 1.165) is 4.80 Å². The van der Waals surface area contributed by atoms with Crippen LogP contribution in [0.3, 0.4) is 0 Å². The number of H-pyrrole nitrogens is 1. The molecule has 2 aliphatic heterocycles. The average molecular weight is 350 g/mol. The zero-order valence-electron chi connectivity index (χ0n) is 12.8. The second-order valence-corrected chi connectivity index (χ2v) is 7.83. The minimum absolute atomic E-state index is 0.0833. The van der Waals surface area contributed by atoms with Gasteiger partial charge in [-0.25, -0.2) is 5.10 Å². The first kappa shape index (κ1) is 15.0. The molecule has 12 nitrogen and oxygen atoms in total. The molecular weight excluding hydrogens is 336 g/mol. The lowest BCUT2D eigenvalue weighted by atomic mass is 9.95. The van der Waals surface area contributed by atoms with Crippen LogP contribution in [0.4, 0.5) is 0 Å². The first-order valence-electron chi connectivity index (χ1n) is 7.21. The van der Waals surface area contributed by atoms with Crippen LogP contribution in [-0.4, -0.2) is 73.7 Å². The van der Waals surface area contributed by atoms with Crippen molar-refractivity contribution in [2.24, 2.45) is 0 Å². The molecule has 2 amide bonds. The van der Waals surface area contributed by atoms with Crippen LogP contribution < -0.4 is 5.32 Å². The molecule has 24 heavy (non-hydrogen) atoms. The number of rotatable bonds is 4. The van der Waals surface area contributed by atoms with Gasteiger partial charge in [0.15, 0.2) is 12.2 Å². The number of aromatic amines is 1. The molecule has 3 atom stereocenters. The van der Waals surface area contributed by atoms with Crippen LogP contribution in [0.25, 0.3) is 0 Å². The summed E-state index contributed by atoms with van der Waals surface area (Å²) in [4.78, 5) is 27.5. The maximum Gasteiger partial charge on any atom is 0.249 e. The second-order valence-electron chi connectivity index (χ2n) is 6.06. The fraction of sp³-hybridized carbons (Fsp3) is 0.636. The van der Waals surface area contributed by atoms with Gasteiger partial charge in [-0.1, -0.05) is 0 Å². The Morgan fingerprint density at radius 3 is 3.00 bits per heavy atom. The van der Waals surface area contributed by atoms with Gasteiger partial charge < -0.3 is 10.2 Å². The first-order valence-corrected chi connectivity index (χ1v) is 8.09. The van der Waals surface area contributed by atoms with Gasteiger partial charge >= 0.3 is 0 Å². The van der Waals surface area contributed by atoms with E-state index in [2.05, 4.69) is 41.4 Å². The predicted octanol–water partition coefficient (Wildman–Crippen LogP) is -1.89. The fourth-order valence-corrected chi connectivity index (χ4v) is 4.72. The number of fused-ring (bicyclic) bond motifs is 1. The van der Waals surface area contributed by atoms with E-state index in [4.69, 9.17) is 0 Å². The molecule has 0 spiro atoms. The Morgan fingerprint density at radius 2 is 2.33 bits per heavy atom. The first-order chi connectivity index (χ1) is 11.5. The minimum atomic E-state index is -0.578. The number of nitrogens with one attached hydrogen (secondary N) is 2. The van der Waals surface area contributed by atoms with E-state index in [1.807, 2.05) is 13.8 Å². The number of carbonyl (C=O) groups excluding carboxylic acids is 2. The van der Waals surface area contributed by atoms with E-state index in [1.165, 1.54) is 6.33 Å². The molecule has 2 N–H and O–H groups in total. The molecule has 2 unspecified atom stereocenters. The van der Waals surface area contributed by atoms with Crippen LogP contribution in [0.5, 0.6) is 0 Å². The predicted molar refractivity (Wildman–Crippen MR) is 79.0 cm³/mol. The van der Waals surface area contributed by atoms with Gasteiger partial charge in [-0.3, -0.25) is 9.59 Å². The molecule has 13 heteroatoms. The van der Waals surface area contributed by atoms with Crippen molar-refractivity contribution in [1.29, 1.82) is 0 Å². The molecule has 0 bridgehead atoms. The maximum atomic E-state index is 12.5. The Balaban J connectivity index is 1.48. The van der Waals surface area contributed by atoms with Gasteiger partial charge in [0.25, 0.3) is 0 Å². The van der Waals surface area contributed by atoms with Gasteiger partial charge in [-0.05, 0) is 29.5 Å². The second kappa shape index (κ2) is 5.22. The summed E-state index contributed by atoms with van der Waals surface area (Å²) in [5, 5.41) is 27.4. The summed E-state index contributed by atoms with van der Waals surface area (Å²) in [5.74, 6) is 0.0495. The van der Waals surface area contributed by atoms with Crippen LogP contribution in [-0.2, 0) is 16.1 Å². The van der Waals surface area contributed by atoms with Crippen LogP contribution in [0.2, 0.25) is 0 Å². The Labute approximate surface area is 139 Å². The third-order valence-corrected chi connectivity index (χ3v) is 5.63. The van der Waals surface area contributed by atoms with E-state index >= 15 is 0 Å². The summed E-state index contributed by atoms with van der Waals surface area (Å²) in [6, 6.07) is -0.841. The summed E-state index contributed by atoms with van der Waals surface area (Å²) in [7, 11) is 0. The van der Waals surface area contributed by atoms with Gasteiger partial charge in [-0.2, -0.15) is 4.80 Å². The molecule has 4 heterocycles. The number of nitrogens with zero attached hydrogens (tertiary/aromatic N) is 8. The summed E-state index contributed by atoms with van der Waals surface area (Å²) < 4.78 is -0.283. The highest BCUT2D eigenvalue weighted by Crippen LogP contribution is 2.56. The number of hydrogen-bond donors (Lipinski definition) is 2. The smallest absolute Gasteiger partial charge is 0.249 e. The molecule has 2 aromatic rings. The molecule has 4 rings (SSSR count). The largest absolute Gasteiger partial charge is 0.340 e. The van der Waals surface area contributed by atoms with Crippen molar-refractivity contribution in [3.05, 3.63) is 12.2 Å². The number of amides is 2. The van der Waals surface area contributed by atoms with Gasteiger partial charge in [0.2, 0.25) is 11.8 Å². The number of tetrazole rings is 2. The van der Waals surface area contributed by atoms with E-state index in [1.54, 1.807) is 16.7 Å². The standard InChI is InChI=1S/C11H14N10O2S/c1-11(2)7(8-15-17-18-16-8)21-9(23)6(10(21)24-11)14-5(22)3-20-13-4-12-19-20/h4,6-7,10H,3H2,1-2H3,(H,14,22)(H,15,16,17,18)/t6?,7?,10-/m1/s1. The summed E-state index contributed by atoms with van der Waals surface area (Å²) in [5.41, 5.74) is 0. The van der Waals surface area contributed by atoms with Crippen molar-refractivity contribution in [2.75, 3.05) is 0 Å². The molecule has 2 aromatic heterocycles. The number of carbonyl (C=O) groups is 2. The van der Waals surface area contributed by atoms with Crippen molar-refractivity contribution in [2.45, 2.75) is 42.6 Å². The highest BCUT2D eigenvalue weighted by Gasteiger charge is 2.63. The average Bonchev–Trinajstić information content (AvgIpc) is 3.24. The van der Waals surface area contributed by atoms with E-state index in [9.17, 15) is 9.59 Å². The van der Waals surface area contributed by atoms with Gasteiger partial charge in [0, 0.05) is 4.75 Å². The highest BCUT2D eigenvalue weighted by molar-refractivity contribution is 8.01. The van der Waals surface area contributed by atoms with Gasteiger partial charge in [-0.15, -0.1) is 27.1 Å². The van der Waals surface area contributed by atoms with Crippen LogP contribution >= 0.6 is 11.8 Å². The molecule has 0 saturated carbocycles. The van der Waals surface area contributed by atoms with Crippen molar-refractivity contribution in [3.63, 3.8) is 0 Å². The lowest BCUT2D eigenvalue weighted by molar-refractivity contribution is -0.152. The topological polar surface area (TPSA) is 147 Å². The molecule has 0 aliphatic carbocycles. The molecule has 126 valence electrons. The lowest BCUT2D eigenvalue weighted by Gasteiger charge is -2.44. The lowest BCUT2D eigenvalue weighted by Crippen LogP contribution is -2.68. The van der Waals surface area contributed by atoms with Gasteiger partial charge in [0.1, 0.15) is 24.0 Å². The zero-order valence-corrected chi connectivity index (χ0v) is 13.6. The van der Waals surface area contributed by atoms with Crippen molar-refractivity contribution < 1.29 is 9.59 Å². The summed E-state index contributed by atoms with van der Waals surface area (Å²) in [6.45, 7) is 3.96. The van der Waals surface area contributed by atoms with E-state index < -0.39 is 6.04 Å². The van der Waals surface area contributed by atoms with Crippen molar-refractivity contribution >= 4 is 23.6 Å². The normalized spacial score (nSPS) is 27.7. The molecule has 0 radical (unpaired) electrons. The third kappa shape index (κ3) is 2.23. The molecule has 2 aliphatic rings. The van der Waals surface area contributed by atoms with Crippen molar-refractivity contribution in [1.82, 2.24) is 51.0 Å². The minimum Gasteiger partial charge on any atom is -0.340 e. The number of thioether (sulfide) groups is 1. The molecule has 0 aromatic carbocycles. The van der Waals surface area contributed by atoms with Crippen LogP contribution in [0.15, 0.2) is 6.33 Å². The Kier molecular flexibility index (Phi) is 3.26. The number of aromatic nitrogens is 8. The summed E-state index contributed by atoms with van der Waals surface area (Å²) in [6.07, 6.45) is 1.24.